The number of hydrogen-bond acceptors (Lipinski definition) is 0. The topological polar surface area (TPSA) is 14.1 Å². The molecule has 1 nitrogen and oxygen atoms in total. The summed E-state index contributed by atoms with van der Waals surface area (Å²) in [6.45, 7) is 0. The van der Waals surface area contributed by atoms with Crippen molar-refractivity contribution in [2.24, 2.45) is 0 Å². The maximum Gasteiger partial charge on any atom is 0.415 e. The zero-order chi connectivity index (χ0) is 14.1. The lowest BCUT2D eigenvalue weighted by molar-refractivity contribution is 0.856. The molecule has 100 valence electrons. The molecule has 0 spiro atoms. The highest BCUT2D eigenvalue weighted by Crippen LogP contribution is 2.30. The molecule has 1 aliphatic heterocycles. The van der Waals surface area contributed by atoms with Gasteiger partial charge in [0.25, 0.3) is 0 Å². The molecule has 0 saturated carbocycles. The first kappa shape index (κ1) is 12.1. The molecule has 1 heteroatoms. The van der Waals surface area contributed by atoms with Crippen molar-refractivity contribution in [3.05, 3.63) is 89.5 Å². The van der Waals surface area contributed by atoms with Crippen molar-refractivity contribution < 1.29 is 0 Å². The molecule has 0 bridgehead atoms. The lowest BCUT2D eigenvalue weighted by atomic mass is 9.88. The second-order valence-electron chi connectivity index (χ2n) is 5.50. The number of allylic oxidation sites excluding steroid dienone is 4. The first-order valence-electron chi connectivity index (χ1n) is 7.35. The lowest BCUT2D eigenvalue weighted by Crippen LogP contribution is -1.99. The molecule has 0 radical (unpaired) electrons. The maximum atomic E-state index is 4.16. The Morgan fingerprint density at radius 3 is 2.43 bits per heavy atom. The van der Waals surface area contributed by atoms with E-state index in [-0.39, 0.29) is 0 Å². The first-order chi connectivity index (χ1) is 10.4. The summed E-state index contributed by atoms with van der Waals surface area (Å²) < 4.78 is 4.16. The molecule has 0 N–H and O–H groups in total. The van der Waals surface area contributed by atoms with Gasteiger partial charge in [-0.05, 0) is 35.3 Å². The number of nitrogens with zero attached hydrogens (tertiary/aromatic N) is 1. The van der Waals surface area contributed by atoms with Crippen LogP contribution < -0.4 is 4.67 Å². The highest BCUT2D eigenvalue weighted by molar-refractivity contribution is 6.46. The smallest absolute Gasteiger partial charge is 0.0761 e. The Balaban J connectivity index is 1.56. The quantitative estimate of drug-likeness (QED) is 0.754. The molecule has 1 heterocycles. The molecule has 4 rings (SSSR count). The van der Waals surface area contributed by atoms with E-state index in [1.807, 2.05) is 6.21 Å². The minimum absolute atomic E-state index is 0.499. The van der Waals surface area contributed by atoms with Crippen molar-refractivity contribution in [3.63, 3.8) is 0 Å². The summed E-state index contributed by atoms with van der Waals surface area (Å²) in [4.78, 5) is 0. The zero-order valence-corrected chi connectivity index (χ0v) is 11.7. The fraction of sp³-hybridized carbons (Fsp3) is 0.100. The van der Waals surface area contributed by atoms with Gasteiger partial charge >= 0.3 is 11.9 Å². The summed E-state index contributed by atoms with van der Waals surface area (Å²) in [5, 5.41) is 0. The average Bonchev–Trinajstić information content (AvgIpc) is 3.41. The fourth-order valence-electron chi connectivity index (χ4n) is 2.82. The van der Waals surface area contributed by atoms with Gasteiger partial charge in [0, 0.05) is 5.92 Å². The van der Waals surface area contributed by atoms with E-state index in [4.69, 9.17) is 0 Å². The SMILES string of the molecule is C1=CC(c2ccccc2)CC=C1c1cccc(C2=[N+]=C2)c1. The van der Waals surface area contributed by atoms with Crippen molar-refractivity contribution in [1.82, 2.24) is 4.67 Å². The third-order valence-corrected chi connectivity index (χ3v) is 4.08. The third-order valence-electron chi connectivity index (χ3n) is 4.08. The molecule has 2 aliphatic rings. The van der Waals surface area contributed by atoms with E-state index in [9.17, 15) is 0 Å². The van der Waals surface area contributed by atoms with E-state index >= 15 is 0 Å². The van der Waals surface area contributed by atoms with Gasteiger partial charge in [0.15, 0.2) is 0 Å². The van der Waals surface area contributed by atoms with Gasteiger partial charge in [-0.2, -0.15) is 0 Å². The van der Waals surface area contributed by atoms with E-state index in [1.54, 1.807) is 0 Å². The summed E-state index contributed by atoms with van der Waals surface area (Å²) in [7, 11) is 0. The minimum atomic E-state index is 0.499. The van der Waals surface area contributed by atoms with Crippen LogP contribution in [0.5, 0.6) is 0 Å². The van der Waals surface area contributed by atoms with Gasteiger partial charge in [0.1, 0.15) is 0 Å². The molecule has 0 amide bonds. The predicted molar refractivity (Wildman–Crippen MR) is 89.7 cm³/mol. The molecule has 0 aromatic heterocycles. The van der Waals surface area contributed by atoms with E-state index in [0.29, 0.717) is 5.92 Å². The molecule has 0 fully saturated rings. The normalized spacial score (nSPS) is 19.1. The van der Waals surface area contributed by atoms with Gasteiger partial charge in [0.2, 0.25) is 0 Å². The van der Waals surface area contributed by atoms with Crippen molar-refractivity contribution in [2.45, 2.75) is 12.3 Å². The third kappa shape index (κ3) is 2.52. The van der Waals surface area contributed by atoms with Crippen molar-refractivity contribution in [3.8, 4) is 0 Å². The van der Waals surface area contributed by atoms with Gasteiger partial charge in [-0.1, -0.05) is 65.4 Å². The predicted octanol–water partition coefficient (Wildman–Crippen LogP) is 3.75. The molecule has 0 saturated heterocycles. The van der Waals surface area contributed by atoms with Crippen LogP contribution in [0.25, 0.3) is 5.57 Å². The van der Waals surface area contributed by atoms with Crippen molar-refractivity contribution in [2.75, 3.05) is 0 Å². The Bertz CT molecular complexity index is 803. The summed E-state index contributed by atoms with van der Waals surface area (Å²) >= 11 is 0. The van der Waals surface area contributed by atoms with E-state index in [1.165, 1.54) is 22.3 Å². The lowest BCUT2D eigenvalue weighted by Gasteiger charge is -2.16. The standard InChI is InChI=1S/C20H16N/c1-2-5-15(6-3-1)16-9-11-17(12-10-16)18-7-4-8-19(13-18)20-14-21-20/h1-9,11-14,16H,10H2/q+1. The second-order valence-corrected chi connectivity index (χ2v) is 5.50. The van der Waals surface area contributed by atoms with Gasteiger partial charge < -0.3 is 0 Å². The molecule has 2 aromatic rings. The highest BCUT2D eigenvalue weighted by Gasteiger charge is 2.25. The van der Waals surface area contributed by atoms with Crippen LogP contribution in [-0.2, 0) is 0 Å². The van der Waals surface area contributed by atoms with Crippen LogP contribution in [0.2, 0.25) is 0 Å². The monoisotopic (exact) mass is 270 g/mol. The molecular formula is C20H16N+. The summed E-state index contributed by atoms with van der Waals surface area (Å²) in [5.74, 6) is 0.499. The number of benzene rings is 2. The Hall–Kier alpha value is -2.63. The highest BCUT2D eigenvalue weighted by atomic mass is 14.7. The summed E-state index contributed by atoms with van der Waals surface area (Å²) in [5.41, 5.74) is 6.30. The Kier molecular flexibility index (Phi) is 2.92. The van der Waals surface area contributed by atoms with Crippen LogP contribution in [0, 0.1) is 0 Å². The van der Waals surface area contributed by atoms with Gasteiger partial charge in [-0.3, -0.25) is 0 Å². The first-order valence-corrected chi connectivity index (χ1v) is 7.35. The van der Waals surface area contributed by atoms with Crippen LogP contribution in [0.15, 0.2) is 72.8 Å². The number of rotatable bonds is 3. The molecule has 1 unspecified atom stereocenters. The summed E-state index contributed by atoms with van der Waals surface area (Å²) in [6.07, 6.45) is 9.88. The van der Waals surface area contributed by atoms with E-state index in [0.717, 1.165) is 12.1 Å². The van der Waals surface area contributed by atoms with Crippen LogP contribution in [0.1, 0.15) is 29.0 Å². The fourth-order valence-corrected chi connectivity index (χ4v) is 2.82. The molecule has 21 heavy (non-hydrogen) atoms. The molecule has 2 aromatic carbocycles. The molecule has 1 atom stereocenters. The van der Waals surface area contributed by atoms with Crippen LogP contribution in [0.4, 0.5) is 0 Å². The van der Waals surface area contributed by atoms with E-state index in [2.05, 4.69) is 77.5 Å². The van der Waals surface area contributed by atoms with E-state index < -0.39 is 0 Å². The maximum absolute atomic E-state index is 4.16. The summed E-state index contributed by atoms with van der Waals surface area (Å²) in [6, 6.07) is 19.3. The van der Waals surface area contributed by atoms with Gasteiger partial charge in [-0.25, -0.2) is 0 Å². The Labute approximate surface area is 124 Å². The number of hydrogen-bond donors (Lipinski definition) is 0. The van der Waals surface area contributed by atoms with Gasteiger partial charge in [0.05, 0.1) is 5.56 Å². The molecule has 1 aliphatic carbocycles. The largest absolute Gasteiger partial charge is 0.415 e. The zero-order valence-electron chi connectivity index (χ0n) is 11.7. The molecular weight excluding hydrogens is 254 g/mol. The Morgan fingerprint density at radius 2 is 1.71 bits per heavy atom. The van der Waals surface area contributed by atoms with Gasteiger partial charge in [-0.15, -0.1) is 0 Å². The van der Waals surface area contributed by atoms with Crippen LogP contribution >= 0.6 is 0 Å². The van der Waals surface area contributed by atoms with Crippen molar-refractivity contribution >= 4 is 17.5 Å². The Morgan fingerprint density at radius 1 is 0.905 bits per heavy atom. The van der Waals surface area contributed by atoms with Crippen LogP contribution in [0.3, 0.4) is 0 Å². The minimum Gasteiger partial charge on any atom is -0.0761 e. The van der Waals surface area contributed by atoms with Crippen LogP contribution in [-0.4, -0.2) is 11.9 Å². The van der Waals surface area contributed by atoms with Crippen molar-refractivity contribution in [1.29, 1.82) is 0 Å². The second kappa shape index (κ2) is 5.05. The average molecular weight is 270 g/mol.